The molecule has 0 amide bonds. The Balaban J connectivity index is 4.24. The van der Waals surface area contributed by atoms with E-state index in [1.165, 1.54) is 103 Å². The Labute approximate surface area is 500 Å². The van der Waals surface area contributed by atoms with Crippen LogP contribution in [-0.4, -0.2) is 37.2 Å². The third-order valence-electron chi connectivity index (χ3n) is 14.1. The van der Waals surface area contributed by atoms with Gasteiger partial charge in [-0.25, -0.2) is 0 Å². The Morgan fingerprint density at radius 1 is 0.259 bits per heavy atom. The minimum absolute atomic E-state index is 0.0914. The summed E-state index contributed by atoms with van der Waals surface area (Å²) in [7, 11) is 0. The summed E-state index contributed by atoms with van der Waals surface area (Å²) in [4.78, 5) is 38.3. The van der Waals surface area contributed by atoms with Gasteiger partial charge in [0.1, 0.15) is 13.2 Å². The van der Waals surface area contributed by atoms with Crippen molar-refractivity contribution in [1.29, 1.82) is 0 Å². The highest BCUT2D eigenvalue weighted by molar-refractivity contribution is 5.71. The van der Waals surface area contributed by atoms with Crippen molar-refractivity contribution in [3.63, 3.8) is 0 Å². The minimum Gasteiger partial charge on any atom is -0.462 e. The molecule has 0 radical (unpaired) electrons. The van der Waals surface area contributed by atoms with Gasteiger partial charge in [0.15, 0.2) is 6.10 Å². The van der Waals surface area contributed by atoms with Crippen molar-refractivity contribution < 1.29 is 28.6 Å². The zero-order chi connectivity index (χ0) is 58.5. The first-order valence-electron chi connectivity index (χ1n) is 33.7. The Kier molecular flexibility index (Phi) is 64.3. The molecule has 0 bridgehead atoms. The molecular formula is C75H124O6. The molecule has 1 atom stereocenters. The maximum absolute atomic E-state index is 12.9. The van der Waals surface area contributed by atoms with E-state index < -0.39 is 6.10 Å². The van der Waals surface area contributed by atoms with Crippen molar-refractivity contribution in [2.75, 3.05) is 13.2 Å². The van der Waals surface area contributed by atoms with E-state index >= 15 is 0 Å². The summed E-state index contributed by atoms with van der Waals surface area (Å²) in [5, 5.41) is 0. The van der Waals surface area contributed by atoms with Crippen molar-refractivity contribution in [3.8, 4) is 0 Å². The van der Waals surface area contributed by atoms with Gasteiger partial charge in [-0.3, -0.25) is 14.4 Å². The quantitative estimate of drug-likeness (QED) is 0.0261. The van der Waals surface area contributed by atoms with Crippen LogP contribution in [0.4, 0.5) is 0 Å². The third-order valence-corrected chi connectivity index (χ3v) is 14.1. The Morgan fingerprint density at radius 2 is 0.481 bits per heavy atom. The summed E-state index contributed by atoms with van der Waals surface area (Å²) in [6.45, 7) is 6.37. The van der Waals surface area contributed by atoms with Gasteiger partial charge < -0.3 is 14.2 Å². The van der Waals surface area contributed by atoms with Gasteiger partial charge >= 0.3 is 17.9 Å². The van der Waals surface area contributed by atoms with Crippen molar-refractivity contribution in [2.45, 2.75) is 309 Å². The molecule has 0 aliphatic heterocycles. The number of hydrogen-bond donors (Lipinski definition) is 0. The van der Waals surface area contributed by atoms with Crippen LogP contribution in [0.2, 0.25) is 0 Å². The first-order valence-corrected chi connectivity index (χ1v) is 33.7. The van der Waals surface area contributed by atoms with E-state index in [2.05, 4.69) is 154 Å². The normalized spacial score (nSPS) is 13.0. The molecule has 0 aliphatic rings. The molecule has 0 spiro atoms. The third kappa shape index (κ3) is 66.2. The highest BCUT2D eigenvalue weighted by atomic mass is 16.6. The van der Waals surface area contributed by atoms with Gasteiger partial charge in [-0.05, 0) is 135 Å². The Hall–Kier alpha value is -4.45. The summed E-state index contributed by atoms with van der Waals surface area (Å²) in [6, 6.07) is 0. The monoisotopic (exact) mass is 1120 g/mol. The van der Waals surface area contributed by atoms with Crippen molar-refractivity contribution in [2.24, 2.45) is 0 Å². The SMILES string of the molecule is CC/C=C\C/C=C\C/C=C\C/C=C\C/C=C\C/C=C\CCCCCCCCCCCCCCCCC(=O)OCC(COC(=O)CCCCCCC/C=C\C/C=C\CCCCC)OC(=O)CCCCCCC/C=C\C/C=C\C/C=C\CC. The topological polar surface area (TPSA) is 78.9 Å². The predicted octanol–water partition coefficient (Wildman–Crippen LogP) is 23.3. The van der Waals surface area contributed by atoms with Gasteiger partial charge in [-0.1, -0.05) is 283 Å². The van der Waals surface area contributed by atoms with Crippen LogP contribution in [0.5, 0.6) is 0 Å². The number of carbonyl (C=O) groups is 3. The summed E-state index contributed by atoms with van der Waals surface area (Å²) >= 11 is 0. The van der Waals surface area contributed by atoms with Crippen LogP contribution in [-0.2, 0) is 28.6 Å². The smallest absolute Gasteiger partial charge is 0.306 e. The summed E-state index contributed by atoms with van der Waals surface area (Å²) in [5.74, 6) is -0.918. The number of esters is 3. The average molecular weight is 1120 g/mol. The van der Waals surface area contributed by atoms with Gasteiger partial charge in [0, 0.05) is 19.3 Å². The van der Waals surface area contributed by atoms with E-state index in [0.29, 0.717) is 19.3 Å². The van der Waals surface area contributed by atoms with E-state index in [1.54, 1.807) is 0 Å². The van der Waals surface area contributed by atoms with E-state index in [4.69, 9.17) is 14.2 Å². The second-order valence-corrected chi connectivity index (χ2v) is 22.0. The molecule has 1 unspecified atom stereocenters. The van der Waals surface area contributed by atoms with Crippen LogP contribution < -0.4 is 0 Å². The standard InChI is InChI=1S/C75H124O6/c1-4-7-10-13-16-19-22-25-28-29-30-31-32-33-34-35-36-37-38-39-40-41-42-43-44-45-48-50-53-56-59-62-65-68-74(77)80-71-72(81-75(78)69-66-63-60-57-54-51-47-27-24-21-18-15-12-9-6-3)70-79-73(76)67-64-61-58-55-52-49-46-26-23-20-17-14-11-8-5-2/h7,9-10,12,16-21,25-28,30-31,33-34,36-37,46-47,72H,4-6,8,11,13-15,22-24,29,32,35,38-45,48-71H2,1-3H3/b10-7-,12-9-,19-16-,20-17-,21-18-,28-25-,31-30-,34-33-,37-36-,46-26-,47-27-. The van der Waals surface area contributed by atoms with Gasteiger partial charge in [0.2, 0.25) is 0 Å². The molecule has 0 fully saturated rings. The highest BCUT2D eigenvalue weighted by Gasteiger charge is 2.19. The van der Waals surface area contributed by atoms with Crippen molar-refractivity contribution in [3.05, 3.63) is 134 Å². The van der Waals surface area contributed by atoms with Crippen molar-refractivity contribution in [1.82, 2.24) is 0 Å². The average Bonchev–Trinajstić information content (AvgIpc) is 3.47. The molecule has 0 N–H and O–H groups in total. The van der Waals surface area contributed by atoms with Crippen LogP contribution >= 0.6 is 0 Å². The van der Waals surface area contributed by atoms with E-state index in [1.807, 2.05) is 0 Å². The molecule has 6 heteroatoms. The summed E-state index contributed by atoms with van der Waals surface area (Å²) in [5.41, 5.74) is 0. The molecule has 0 saturated heterocycles. The van der Waals surface area contributed by atoms with Crippen LogP contribution in [0.3, 0.4) is 0 Å². The van der Waals surface area contributed by atoms with E-state index in [-0.39, 0.29) is 31.1 Å². The second kappa shape index (κ2) is 68.1. The van der Waals surface area contributed by atoms with Crippen LogP contribution in [0.15, 0.2) is 134 Å². The van der Waals surface area contributed by atoms with Crippen LogP contribution in [0.25, 0.3) is 0 Å². The molecule has 0 saturated carbocycles. The maximum atomic E-state index is 12.9. The van der Waals surface area contributed by atoms with E-state index in [9.17, 15) is 14.4 Å². The van der Waals surface area contributed by atoms with E-state index in [0.717, 1.165) is 161 Å². The zero-order valence-corrected chi connectivity index (χ0v) is 52.8. The maximum Gasteiger partial charge on any atom is 0.306 e. The Bertz CT molecular complexity index is 1720. The molecule has 0 aromatic heterocycles. The lowest BCUT2D eigenvalue weighted by atomic mass is 10.0. The fraction of sp³-hybridized carbons (Fsp3) is 0.667. The van der Waals surface area contributed by atoms with Crippen LogP contribution in [0, 0.1) is 0 Å². The molecule has 0 aromatic carbocycles. The highest BCUT2D eigenvalue weighted by Crippen LogP contribution is 2.16. The first-order chi connectivity index (χ1) is 40.0. The zero-order valence-electron chi connectivity index (χ0n) is 52.8. The fourth-order valence-corrected chi connectivity index (χ4v) is 9.14. The molecule has 0 heterocycles. The number of carbonyl (C=O) groups excluding carboxylic acids is 3. The second-order valence-electron chi connectivity index (χ2n) is 22.0. The summed E-state index contributed by atoms with van der Waals surface area (Å²) in [6.07, 6.45) is 96.1. The summed E-state index contributed by atoms with van der Waals surface area (Å²) < 4.78 is 16.9. The molecule has 0 aliphatic carbocycles. The van der Waals surface area contributed by atoms with Gasteiger partial charge in [0.25, 0.3) is 0 Å². The lowest BCUT2D eigenvalue weighted by Gasteiger charge is -2.18. The number of allylic oxidation sites excluding steroid dienone is 22. The van der Waals surface area contributed by atoms with Crippen LogP contribution in [0.1, 0.15) is 303 Å². The number of hydrogen-bond acceptors (Lipinski definition) is 6. The minimum atomic E-state index is -0.797. The molecule has 6 nitrogen and oxygen atoms in total. The predicted molar refractivity (Wildman–Crippen MR) is 353 cm³/mol. The fourth-order valence-electron chi connectivity index (χ4n) is 9.14. The lowest BCUT2D eigenvalue weighted by molar-refractivity contribution is -0.167. The largest absolute Gasteiger partial charge is 0.462 e. The number of ether oxygens (including phenoxy) is 3. The van der Waals surface area contributed by atoms with Crippen molar-refractivity contribution >= 4 is 17.9 Å². The first kappa shape index (κ1) is 76.5. The molecular weight excluding hydrogens is 997 g/mol. The number of rotatable bonds is 60. The van der Waals surface area contributed by atoms with Gasteiger partial charge in [-0.15, -0.1) is 0 Å². The lowest BCUT2D eigenvalue weighted by Crippen LogP contribution is -2.30. The van der Waals surface area contributed by atoms with Gasteiger partial charge in [-0.2, -0.15) is 0 Å². The Morgan fingerprint density at radius 3 is 0.753 bits per heavy atom. The van der Waals surface area contributed by atoms with Gasteiger partial charge in [0.05, 0.1) is 0 Å². The number of unbranched alkanes of at least 4 members (excludes halogenated alkanes) is 27. The molecule has 81 heavy (non-hydrogen) atoms. The molecule has 460 valence electrons. The molecule has 0 aromatic rings. The molecule has 0 rings (SSSR count).